The van der Waals surface area contributed by atoms with Gasteiger partial charge >= 0.3 is 0 Å². The molecular formula is H9B3N4. The molecular weight excluding hydrogens is 88.5 g/mol. The summed E-state index contributed by atoms with van der Waals surface area (Å²) in [6, 6.07) is 0. The molecule has 0 heterocycles. The lowest BCUT2D eigenvalue weighted by atomic mass is 9.97. The number of hydrogen-bond donors (Lipinski definition) is 4. The third-order valence-corrected chi connectivity index (χ3v) is 0.539. The van der Waals surface area contributed by atoms with E-state index in [4.69, 9.17) is 11.3 Å². The molecule has 0 aliphatic heterocycles. The van der Waals surface area contributed by atoms with Crippen molar-refractivity contribution < 1.29 is 0 Å². The smallest absolute Gasteiger partial charge is 0.272 e. The highest BCUT2D eigenvalue weighted by molar-refractivity contribution is 6.54. The van der Waals surface area contributed by atoms with Crippen LogP contribution in [-0.4, -0.2) is 22.6 Å². The molecule has 0 unspecified atom stereocenters. The highest BCUT2D eigenvalue weighted by Gasteiger charge is 1.83. The SMILES string of the molecule is NBNBNBN. The van der Waals surface area contributed by atoms with E-state index in [-0.39, 0.29) is 0 Å². The van der Waals surface area contributed by atoms with E-state index < -0.39 is 0 Å². The first-order valence-electron chi connectivity index (χ1n) is 2.23. The third kappa shape index (κ3) is 6.03. The van der Waals surface area contributed by atoms with E-state index >= 15 is 0 Å². The van der Waals surface area contributed by atoms with E-state index in [1.54, 1.807) is 0 Å². The molecule has 0 fully saturated rings. The molecule has 6 N–H and O–H groups in total. The van der Waals surface area contributed by atoms with Crippen molar-refractivity contribution in [3.05, 3.63) is 0 Å². The zero-order valence-electron chi connectivity index (χ0n) is 4.28. The fourth-order valence-corrected chi connectivity index (χ4v) is 0.233. The summed E-state index contributed by atoms with van der Waals surface area (Å²) in [4.78, 5) is 0. The molecule has 0 aromatic heterocycles. The van der Waals surface area contributed by atoms with Gasteiger partial charge in [-0.05, 0) is 0 Å². The first-order chi connectivity index (χ1) is 3.41. The predicted octanol–water partition coefficient (Wildman–Crippen LogP) is -4.12. The summed E-state index contributed by atoms with van der Waals surface area (Å²) in [6.07, 6.45) is 0. The Morgan fingerprint density at radius 2 is 1.43 bits per heavy atom. The summed E-state index contributed by atoms with van der Waals surface area (Å²) in [7, 11) is 1.67. The van der Waals surface area contributed by atoms with Gasteiger partial charge in [-0.15, -0.1) is 0 Å². The van der Waals surface area contributed by atoms with E-state index in [2.05, 4.69) is 10.3 Å². The minimum absolute atomic E-state index is 0.493. The molecule has 7 heteroatoms. The number of nitrogens with one attached hydrogen (secondary N) is 2. The Morgan fingerprint density at radius 3 is 1.71 bits per heavy atom. The molecule has 0 rings (SSSR count). The first-order valence-corrected chi connectivity index (χ1v) is 2.23. The Labute approximate surface area is 45.3 Å². The van der Waals surface area contributed by atoms with E-state index in [0.29, 0.717) is 22.6 Å². The lowest BCUT2D eigenvalue weighted by molar-refractivity contribution is 1.40. The molecule has 0 amide bonds. The Balaban J connectivity index is 2.45. The zero-order valence-corrected chi connectivity index (χ0v) is 4.28. The fraction of sp³-hybridized carbons (Fsp3) is 0. The van der Waals surface area contributed by atoms with Gasteiger partial charge in [-0.2, -0.15) is 0 Å². The second kappa shape index (κ2) is 6.03. The van der Waals surface area contributed by atoms with Gasteiger partial charge in [0, 0.05) is 0 Å². The molecule has 38 valence electrons. The molecule has 0 bridgehead atoms. The van der Waals surface area contributed by atoms with E-state index in [1.807, 2.05) is 0 Å². The van der Waals surface area contributed by atoms with Crippen LogP contribution in [0.4, 0.5) is 0 Å². The summed E-state index contributed by atoms with van der Waals surface area (Å²) in [5.41, 5.74) is 10.2. The topological polar surface area (TPSA) is 76.1 Å². The van der Waals surface area contributed by atoms with Gasteiger partial charge in [-0.1, -0.05) is 0 Å². The molecule has 7 heavy (non-hydrogen) atoms. The monoisotopic (exact) mass is 98.1 g/mol. The van der Waals surface area contributed by atoms with Crippen molar-refractivity contribution in [2.45, 2.75) is 0 Å². The molecule has 0 aliphatic carbocycles. The minimum atomic E-state index is 0.493. The molecule has 0 saturated heterocycles. The van der Waals surface area contributed by atoms with Crippen LogP contribution >= 0.6 is 0 Å². The lowest BCUT2D eigenvalue weighted by Crippen LogP contribution is -2.43. The van der Waals surface area contributed by atoms with Crippen molar-refractivity contribution >= 4 is 22.6 Å². The van der Waals surface area contributed by atoms with Crippen LogP contribution < -0.4 is 21.6 Å². The molecule has 0 radical (unpaired) electrons. The van der Waals surface area contributed by atoms with Gasteiger partial charge in [0.1, 0.15) is 0 Å². The Kier molecular flexibility index (Phi) is 6.06. The van der Waals surface area contributed by atoms with Crippen LogP contribution in [0.2, 0.25) is 0 Å². The molecule has 0 aromatic rings. The molecule has 0 aliphatic rings. The summed E-state index contributed by atoms with van der Waals surface area (Å²) in [6.45, 7) is 0. The third-order valence-electron chi connectivity index (χ3n) is 0.539. The number of hydrogen-bond acceptors (Lipinski definition) is 4. The van der Waals surface area contributed by atoms with Crippen LogP contribution in [-0.2, 0) is 0 Å². The van der Waals surface area contributed by atoms with Crippen molar-refractivity contribution in [3.63, 3.8) is 0 Å². The maximum Gasteiger partial charge on any atom is 0.272 e. The van der Waals surface area contributed by atoms with Crippen LogP contribution in [0.15, 0.2) is 0 Å². The highest BCUT2D eigenvalue weighted by atomic mass is 14.9. The largest absolute Gasteiger partial charge is 0.377 e. The van der Waals surface area contributed by atoms with Gasteiger partial charge in [-0.25, -0.2) is 0 Å². The van der Waals surface area contributed by atoms with Crippen molar-refractivity contribution in [1.29, 1.82) is 0 Å². The standard InChI is InChI=1S/B3H9N4/c4-1-6-3-7-2-5/h1-3,6-7H,4-5H2. The predicted molar refractivity (Wildman–Crippen MR) is 36.1 cm³/mol. The Morgan fingerprint density at radius 1 is 1.00 bits per heavy atom. The zero-order chi connectivity index (χ0) is 5.54. The van der Waals surface area contributed by atoms with Crippen LogP contribution in [0.3, 0.4) is 0 Å². The quantitative estimate of drug-likeness (QED) is 0.212. The maximum atomic E-state index is 5.08. The normalized spacial score (nSPS) is 7.71. The molecule has 4 nitrogen and oxygen atoms in total. The van der Waals surface area contributed by atoms with E-state index in [9.17, 15) is 0 Å². The highest BCUT2D eigenvalue weighted by Crippen LogP contribution is 1.30. The molecule has 0 atom stereocenters. The average Bonchev–Trinajstić information content (AvgIpc) is 1.69. The number of rotatable bonds is 4. The van der Waals surface area contributed by atoms with E-state index in [0.717, 1.165) is 0 Å². The minimum Gasteiger partial charge on any atom is -0.377 e. The fourth-order valence-electron chi connectivity index (χ4n) is 0.233. The van der Waals surface area contributed by atoms with E-state index in [1.165, 1.54) is 0 Å². The van der Waals surface area contributed by atoms with Gasteiger partial charge in [-0.3, -0.25) is 0 Å². The molecule has 0 aromatic carbocycles. The number of nitrogens with two attached hydrogens (primary N) is 2. The van der Waals surface area contributed by atoms with Gasteiger partial charge in [0.25, 0.3) is 22.6 Å². The maximum absolute atomic E-state index is 5.08. The summed E-state index contributed by atoms with van der Waals surface area (Å²) in [5.74, 6) is 0. The lowest BCUT2D eigenvalue weighted by Gasteiger charge is -1.93. The Hall–Kier alpha value is 0.0348. The second-order valence-corrected chi connectivity index (χ2v) is 1.09. The van der Waals surface area contributed by atoms with Gasteiger partial charge in [0.2, 0.25) is 0 Å². The summed E-state index contributed by atoms with van der Waals surface area (Å²) < 4.78 is 0. The Bertz CT molecular complexity index is 26.1. The van der Waals surface area contributed by atoms with Crippen molar-refractivity contribution in [2.75, 3.05) is 0 Å². The van der Waals surface area contributed by atoms with Crippen molar-refractivity contribution in [2.24, 2.45) is 11.3 Å². The van der Waals surface area contributed by atoms with Gasteiger partial charge in [0.15, 0.2) is 0 Å². The molecule has 0 spiro atoms. The van der Waals surface area contributed by atoms with Crippen LogP contribution in [0.5, 0.6) is 0 Å². The molecule has 0 saturated carbocycles. The van der Waals surface area contributed by atoms with Crippen molar-refractivity contribution in [1.82, 2.24) is 10.3 Å². The first kappa shape index (κ1) is 7.03. The summed E-state index contributed by atoms with van der Waals surface area (Å²) in [5, 5.41) is 5.67. The van der Waals surface area contributed by atoms with Gasteiger partial charge in [0.05, 0.1) is 0 Å². The summed E-state index contributed by atoms with van der Waals surface area (Å²) >= 11 is 0. The van der Waals surface area contributed by atoms with Crippen LogP contribution in [0.25, 0.3) is 0 Å². The second-order valence-electron chi connectivity index (χ2n) is 1.09. The average molecular weight is 97.5 g/mol. The van der Waals surface area contributed by atoms with Crippen molar-refractivity contribution in [3.8, 4) is 0 Å². The van der Waals surface area contributed by atoms with Gasteiger partial charge < -0.3 is 21.6 Å². The van der Waals surface area contributed by atoms with Crippen LogP contribution in [0, 0.1) is 0 Å². The van der Waals surface area contributed by atoms with Crippen LogP contribution in [0.1, 0.15) is 0 Å².